The van der Waals surface area contributed by atoms with Crippen LogP contribution in [0.25, 0.3) is 0 Å². The molecular formula is C50H76Cl4Cu2N3O13. The molecule has 419 valence electrons. The van der Waals surface area contributed by atoms with E-state index in [2.05, 4.69) is 87.9 Å². The van der Waals surface area contributed by atoms with E-state index in [9.17, 15) is 34.0 Å². The SMILES string of the molecule is CC1(C)CC(OC(=O)c2ccccc2)CC(C)(C)N1O.COC(=O)C(C)CC(CCl)C(=O)OC.COC(=O)C(C)CC(CON1C(C)(C)CC(NC(=O)c2ccccc2)CC1(C)C)C(=O)OC.[Cl][Cu].[Cl][Cu][Cl]. The van der Waals surface area contributed by atoms with Gasteiger partial charge in [-0.25, -0.2) is 4.79 Å². The van der Waals surface area contributed by atoms with E-state index >= 15 is 0 Å². The first kappa shape index (κ1) is 69.3. The predicted molar refractivity (Wildman–Crippen MR) is 270 cm³/mol. The quantitative estimate of drug-likeness (QED) is 0.0697. The third kappa shape index (κ3) is 23.5. The first-order valence-corrected chi connectivity index (χ1v) is 27.4. The van der Waals surface area contributed by atoms with Gasteiger partial charge in [-0.2, -0.15) is 10.1 Å². The van der Waals surface area contributed by atoms with Gasteiger partial charge < -0.3 is 34.2 Å². The minimum absolute atomic E-state index is 0.0293. The van der Waals surface area contributed by atoms with Crippen LogP contribution in [-0.4, -0.2) is 126 Å². The zero-order valence-electron chi connectivity index (χ0n) is 43.7. The molecule has 2 aromatic rings. The molecule has 2 aliphatic heterocycles. The Labute approximate surface area is 459 Å². The summed E-state index contributed by atoms with van der Waals surface area (Å²) in [5, 5.41) is 16.7. The van der Waals surface area contributed by atoms with Gasteiger partial charge in [-0.3, -0.25) is 28.8 Å². The molecule has 2 N–H and O–H groups in total. The molecule has 22 heteroatoms. The second-order valence-electron chi connectivity index (χ2n) is 19.9. The molecule has 4 atom stereocenters. The van der Waals surface area contributed by atoms with Crippen molar-refractivity contribution in [2.24, 2.45) is 23.7 Å². The van der Waals surface area contributed by atoms with Crippen LogP contribution in [0.2, 0.25) is 0 Å². The Balaban J connectivity index is 0.00000110. The normalized spacial score (nSPS) is 18.5. The summed E-state index contributed by atoms with van der Waals surface area (Å²) in [5.41, 5.74) is -0.454. The Bertz CT molecular complexity index is 1920. The van der Waals surface area contributed by atoms with Crippen molar-refractivity contribution >= 4 is 77.6 Å². The number of carbonyl (C=O) groups excluding carboxylic acids is 6. The van der Waals surface area contributed by atoms with Crippen LogP contribution in [0.1, 0.15) is 128 Å². The van der Waals surface area contributed by atoms with Gasteiger partial charge >= 0.3 is 88.4 Å². The van der Waals surface area contributed by atoms with Gasteiger partial charge in [0, 0.05) is 52.5 Å². The van der Waals surface area contributed by atoms with Crippen molar-refractivity contribution in [3.63, 3.8) is 0 Å². The van der Waals surface area contributed by atoms with Gasteiger partial charge in [0.15, 0.2) is 0 Å². The number of piperidine rings is 2. The summed E-state index contributed by atoms with van der Waals surface area (Å²) in [6, 6.07) is 18.1. The Morgan fingerprint density at radius 2 is 1.03 bits per heavy atom. The summed E-state index contributed by atoms with van der Waals surface area (Å²) in [6.07, 6.45) is 3.02. The van der Waals surface area contributed by atoms with Crippen LogP contribution in [-0.2, 0) is 75.9 Å². The number of nitrogens with one attached hydrogen (secondary N) is 1. The van der Waals surface area contributed by atoms with Crippen LogP contribution >= 0.6 is 41.9 Å². The van der Waals surface area contributed by atoms with Crippen molar-refractivity contribution in [2.75, 3.05) is 40.9 Å². The average molecular weight is 1200 g/mol. The van der Waals surface area contributed by atoms with E-state index in [4.69, 9.17) is 30.6 Å². The molecule has 1 amide bonds. The first-order chi connectivity index (χ1) is 33.6. The van der Waals surface area contributed by atoms with Gasteiger partial charge in [0.2, 0.25) is 0 Å². The maximum atomic E-state index is 12.7. The molecule has 2 fully saturated rings. The Morgan fingerprint density at radius 3 is 1.42 bits per heavy atom. The number of methoxy groups -OCH3 is 4. The van der Waals surface area contributed by atoms with E-state index in [1.165, 1.54) is 33.5 Å². The fourth-order valence-corrected chi connectivity index (χ4v) is 9.28. The van der Waals surface area contributed by atoms with Crippen molar-refractivity contribution in [1.82, 2.24) is 15.4 Å². The molecule has 0 spiro atoms. The first-order valence-electron chi connectivity index (χ1n) is 23.0. The van der Waals surface area contributed by atoms with E-state index in [0.717, 1.165) is 13.1 Å². The summed E-state index contributed by atoms with van der Waals surface area (Å²) >= 11 is 10.00. The summed E-state index contributed by atoms with van der Waals surface area (Å²) in [4.78, 5) is 77.4. The molecule has 0 aliphatic carbocycles. The second kappa shape index (κ2) is 34.1. The number of alkyl halides is 1. The number of carbonyl (C=O) groups is 6. The van der Waals surface area contributed by atoms with Crippen LogP contribution in [0.3, 0.4) is 0 Å². The van der Waals surface area contributed by atoms with Crippen molar-refractivity contribution in [2.45, 2.75) is 142 Å². The van der Waals surface area contributed by atoms with Crippen LogP contribution in [0, 0.1) is 23.7 Å². The minimum atomic E-state index is -0.605. The molecule has 0 radical (unpaired) electrons. The number of amides is 1. The molecule has 2 heterocycles. The fourth-order valence-electron chi connectivity index (χ4n) is 9.03. The third-order valence-electron chi connectivity index (χ3n) is 12.0. The third-order valence-corrected chi connectivity index (χ3v) is 12.4. The Kier molecular flexibility index (Phi) is 32.8. The number of esters is 5. The number of benzene rings is 2. The van der Waals surface area contributed by atoms with Crippen LogP contribution in [0.4, 0.5) is 0 Å². The number of hydroxylamine groups is 4. The monoisotopic (exact) mass is 1190 g/mol. The van der Waals surface area contributed by atoms with Crippen molar-refractivity contribution in [1.29, 1.82) is 0 Å². The molecule has 0 saturated carbocycles. The number of ether oxygens (including phenoxy) is 5. The van der Waals surface area contributed by atoms with Gasteiger partial charge in [0.1, 0.15) is 6.10 Å². The number of rotatable bonds is 16. The number of halogens is 4. The molecule has 2 aliphatic rings. The zero-order valence-corrected chi connectivity index (χ0v) is 48.7. The zero-order chi connectivity index (χ0) is 55.6. The van der Waals surface area contributed by atoms with Crippen molar-refractivity contribution < 1.29 is 90.7 Å². The van der Waals surface area contributed by atoms with Gasteiger partial charge in [-0.1, -0.05) is 50.2 Å². The standard InChI is InChI=1S/C25H38N2O6.C16H23NO3.C9H15ClO4.3ClH.2Cu/c1-17(22(29)31-6)13-19(23(30)32-7)16-33-27-24(2,3)14-20(15-25(27,4)5)26-21(28)18-11-9-8-10-12-18;1-15(2)10-13(11-16(3,4)17(15)19)20-14(18)12-8-6-5-7-9-12;1-6(8(11)13-2)4-7(5-10)9(12)14-3;;;;;/h8-12,17,19-20H,13-16H2,1-7H3,(H,26,28);5-9,13,19H,10-11H2,1-4H3;6-7H,4-5H2,1-3H3;3*1H;;/q;;;;;;+1;+2/p-3. The Hall–Kier alpha value is -2.70. The maximum absolute atomic E-state index is 12.7. The summed E-state index contributed by atoms with van der Waals surface area (Å²) in [6.45, 7) is 19.5. The average Bonchev–Trinajstić information content (AvgIpc) is 3.34. The van der Waals surface area contributed by atoms with E-state index in [-0.39, 0.29) is 60.8 Å². The number of hydrogen-bond donors (Lipinski definition) is 2. The van der Waals surface area contributed by atoms with Gasteiger partial charge in [0.05, 0.1) is 64.3 Å². The molecule has 0 aromatic heterocycles. The molecule has 2 aromatic carbocycles. The van der Waals surface area contributed by atoms with E-state index in [1.54, 1.807) is 38.1 Å². The number of hydrogen-bond acceptors (Lipinski definition) is 15. The van der Waals surface area contributed by atoms with Crippen molar-refractivity contribution in [3.8, 4) is 0 Å². The molecular weight excluding hydrogens is 1120 g/mol. The van der Waals surface area contributed by atoms with Crippen LogP contribution < -0.4 is 5.32 Å². The van der Waals surface area contributed by atoms with Crippen molar-refractivity contribution in [3.05, 3.63) is 71.8 Å². The molecule has 2 saturated heterocycles. The summed E-state index contributed by atoms with van der Waals surface area (Å²) in [7, 11) is 18.8. The van der Waals surface area contributed by atoms with Crippen LogP contribution in [0.15, 0.2) is 60.7 Å². The summed E-state index contributed by atoms with van der Waals surface area (Å²) < 4.78 is 24.4. The van der Waals surface area contributed by atoms with E-state index in [0.29, 0.717) is 43.2 Å². The molecule has 4 unspecified atom stereocenters. The predicted octanol–water partition coefficient (Wildman–Crippen LogP) is 9.89. The van der Waals surface area contributed by atoms with E-state index in [1.807, 2.05) is 69.2 Å². The summed E-state index contributed by atoms with van der Waals surface area (Å²) in [5.74, 6) is -3.63. The van der Waals surface area contributed by atoms with Crippen LogP contribution in [0.5, 0.6) is 0 Å². The van der Waals surface area contributed by atoms with Gasteiger partial charge in [0.25, 0.3) is 5.91 Å². The number of nitrogens with zero attached hydrogens (tertiary/aromatic N) is 2. The molecule has 72 heavy (non-hydrogen) atoms. The molecule has 16 nitrogen and oxygen atoms in total. The second-order valence-corrected chi connectivity index (χ2v) is 21.7. The Morgan fingerprint density at radius 1 is 0.653 bits per heavy atom. The van der Waals surface area contributed by atoms with E-state index < -0.39 is 51.8 Å². The van der Waals surface area contributed by atoms with Gasteiger partial charge in [-0.05, 0) is 105 Å². The van der Waals surface area contributed by atoms with Gasteiger partial charge in [-0.15, -0.1) is 11.6 Å². The fraction of sp³-hybridized carbons (Fsp3) is 0.640. The molecule has 4 rings (SSSR count). The molecule has 0 bridgehead atoms. The topological polar surface area (TPSA) is 197 Å².